The summed E-state index contributed by atoms with van der Waals surface area (Å²) >= 11 is 5.92. The zero-order valence-electron chi connectivity index (χ0n) is 9.70. The van der Waals surface area contributed by atoms with Gasteiger partial charge in [-0.05, 0) is 44.4 Å². The third-order valence-electron chi connectivity index (χ3n) is 3.23. The first-order valence-corrected chi connectivity index (χ1v) is 6.07. The maximum absolute atomic E-state index is 10.3. The van der Waals surface area contributed by atoms with Crippen molar-refractivity contribution in [3.05, 3.63) is 34.9 Å². The molecule has 0 amide bonds. The Morgan fingerprint density at radius 2 is 2.25 bits per heavy atom. The second-order valence-corrected chi connectivity index (χ2v) is 5.61. The van der Waals surface area contributed by atoms with Crippen LogP contribution in [0.3, 0.4) is 0 Å². The maximum Gasteiger partial charge on any atom is 0.0943 e. The van der Waals surface area contributed by atoms with E-state index in [-0.39, 0.29) is 11.6 Å². The van der Waals surface area contributed by atoms with E-state index in [2.05, 4.69) is 19.2 Å². The lowest BCUT2D eigenvalue weighted by Gasteiger charge is -2.24. The molecule has 1 aliphatic rings. The normalized spacial score (nSPS) is 25.6. The van der Waals surface area contributed by atoms with Gasteiger partial charge in [-0.25, -0.2) is 0 Å². The fourth-order valence-electron chi connectivity index (χ4n) is 2.32. The quantitative estimate of drug-likeness (QED) is 0.832. The molecule has 88 valence electrons. The van der Waals surface area contributed by atoms with Crippen LogP contribution in [0.1, 0.15) is 38.4 Å². The molecule has 1 heterocycles. The molecule has 2 N–H and O–H groups in total. The van der Waals surface area contributed by atoms with Gasteiger partial charge in [0.1, 0.15) is 0 Å². The number of rotatable bonds is 2. The Morgan fingerprint density at radius 1 is 1.50 bits per heavy atom. The van der Waals surface area contributed by atoms with E-state index in [1.807, 2.05) is 24.3 Å². The molecule has 2 atom stereocenters. The van der Waals surface area contributed by atoms with Crippen molar-refractivity contribution in [1.82, 2.24) is 5.32 Å². The van der Waals surface area contributed by atoms with Gasteiger partial charge in [-0.1, -0.05) is 23.7 Å². The van der Waals surface area contributed by atoms with Crippen LogP contribution >= 0.6 is 11.6 Å². The molecule has 2 rings (SSSR count). The van der Waals surface area contributed by atoms with Crippen LogP contribution in [-0.2, 0) is 0 Å². The van der Waals surface area contributed by atoms with Crippen LogP contribution in [-0.4, -0.2) is 16.7 Å². The molecule has 2 nitrogen and oxygen atoms in total. The molecule has 1 aromatic rings. The van der Waals surface area contributed by atoms with Gasteiger partial charge < -0.3 is 10.4 Å². The smallest absolute Gasteiger partial charge is 0.0943 e. The first kappa shape index (κ1) is 11.9. The fourth-order valence-corrected chi connectivity index (χ4v) is 2.52. The van der Waals surface area contributed by atoms with Crippen LogP contribution in [0, 0.1) is 0 Å². The SMILES string of the molecule is CC1(C)CC[C@H](C(O)c2cccc(Cl)c2)N1. The van der Waals surface area contributed by atoms with Crippen LogP contribution in [0.15, 0.2) is 24.3 Å². The monoisotopic (exact) mass is 239 g/mol. The summed E-state index contributed by atoms with van der Waals surface area (Å²) in [4.78, 5) is 0. The summed E-state index contributed by atoms with van der Waals surface area (Å²) in [5, 5.41) is 14.4. The summed E-state index contributed by atoms with van der Waals surface area (Å²) in [5.41, 5.74) is 1.02. The Hall–Kier alpha value is -0.570. The average Bonchev–Trinajstić information content (AvgIpc) is 2.58. The van der Waals surface area contributed by atoms with Crippen LogP contribution in [0.5, 0.6) is 0 Å². The summed E-state index contributed by atoms with van der Waals surface area (Å²) in [5.74, 6) is 0. The molecule has 1 fully saturated rings. The predicted octanol–water partition coefficient (Wildman–Crippen LogP) is 2.90. The Balaban J connectivity index is 2.11. The molecule has 1 saturated heterocycles. The van der Waals surface area contributed by atoms with E-state index >= 15 is 0 Å². The zero-order valence-corrected chi connectivity index (χ0v) is 10.5. The molecule has 16 heavy (non-hydrogen) atoms. The third kappa shape index (κ3) is 2.57. The van der Waals surface area contributed by atoms with E-state index in [4.69, 9.17) is 11.6 Å². The van der Waals surface area contributed by atoms with Gasteiger partial charge in [-0.15, -0.1) is 0 Å². The van der Waals surface area contributed by atoms with Crippen LogP contribution in [0.2, 0.25) is 5.02 Å². The van der Waals surface area contributed by atoms with Crippen molar-refractivity contribution in [3.63, 3.8) is 0 Å². The van der Waals surface area contributed by atoms with Crippen molar-refractivity contribution in [2.75, 3.05) is 0 Å². The largest absolute Gasteiger partial charge is 0.387 e. The van der Waals surface area contributed by atoms with Crippen molar-refractivity contribution in [1.29, 1.82) is 0 Å². The number of aliphatic hydroxyl groups excluding tert-OH is 1. The van der Waals surface area contributed by atoms with E-state index in [0.29, 0.717) is 5.02 Å². The molecule has 1 aliphatic heterocycles. The number of benzene rings is 1. The lowest BCUT2D eigenvalue weighted by Crippen LogP contribution is -2.40. The molecule has 0 aromatic heterocycles. The summed E-state index contributed by atoms with van der Waals surface area (Å²) in [6, 6.07) is 7.58. The summed E-state index contributed by atoms with van der Waals surface area (Å²) in [6.45, 7) is 4.33. The number of hydrogen-bond acceptors (Lipinski definition) is 2. The Kier molecular flexibility index (Phi) is 3.24. The predicted molar refractivity (Wildman–Crippen MR) is 66.6 cm³/mol. The highest BCUT2D eigenvalue weighted by Gasteiger charge is 2.34. The third-order valence-corrected chi connectivity index (χ3v) is 3.46. The highest BCUT2D eigenvalue weighted by molar-refractivity contribution is 6.30. The molecular formula is C13H18ClNO. The molecule has 1 aromatic carbocycles. The number of halogens is 1. The Bertz CT molecular complexity index is 378. The lowest BCUT2D eigenvalue weighted by molar-refractivity contribution is 0.131. The van der Waals surface area contributed by atoms with E-state index in [0.717, 1.165) is 18.4 Å². The van der Waals surface area contributed by atoms with Crippen molar-refractivity contribution < 1.29 is 5.11 Å². The zero-order chi connectivity index (χ0) is 11.8. The standard InChI is InChI=1S/C13H18ClNO/c1-13(2)7-6-11(15-13)12(16)9-4-3-5-10(14)8-9/h3-5,8,11-12,15-16H,6-7H2,1-2H3/t11-,12?/m1/s1. The van der Waals surface area contributed by atoms with Crippen LogP contribution in [0.25, 0.3) is 0 Å². The first-order chi connectivity index (χ1) is 7.48. The summed E-state index contributed by atoms with van der Waals surface area (Å²) in [7, 11) is 0. The van der Waals surface area contributed by atoms with Gasteiger partial charge in [-0.3, -0.25) is 0 Å². The molecule has 0 aliphatic carbocycles. The van der Waals surface area contributed by atoms with Crippen molar-refractivity contribution >= 4 is 11.6 Å². The van der Waals surface area contributed by atoms with E-state index in [1.165, 1.54) is 0 Å². The maximum atomic E-state index is 10.3. The molecule has 0 spiro atoms. The van der Waals surface area contributed by atoms with Gasteiger partial charge in [0.15, 0.2) is 0 Å². The van der Waals surface area contributed by atoms with Crippen molar-refractivity contribution in [2.45, 2.75) is 44.4 Å². The molecular weight excluding hydrogens is 222 g/mol. The van der Waals surface area contributed by atoms with Crippen molar-refractivity contribution in [2.24, 2.45) is 0 Å². The van der Waals surface area contributed by atoms with Gasteiger partial charge in [0, 0.05) is 16.6 Å². The van der Waals surface area contributed by atoms with E-state index in [9.17, 15) is 5.11 Å². The first-order valence-electron chi connectivity index (χ1n) is 5.69. The van der Waals surface area contributed by atoms with Gasteiger partial charge in [0.25, 0.3) is 0 Å². The fraction of sp³-hybridized carbons (Fsp3) is 0.538. The summed E-state index contributed by atoms with van der Waals surface area (Å²) in [6.07, 6.45) is 1.62. The minimum Gasteiger partial charge on any atom is -0.387 e. The van der Waals surface area contributed by atoms with Crippen molar-refractivity contribution in [3.8, 4) is 0 Å². The second-order valence-electron chi connectivity index (χ2n) is 5.17. The van der Waals surface area contributed by atoms with Gasteiger partial charge in [0.05, 0.1) is 6.10 Å². The van der Waals surface area contributed by atoms with Gasteiger partial charge in [0.2, 0.25) is 0 Å². The topological polar surface area (TPSA) is 32.3 Å². The second kappa shape index (κ2) is 4.36. The molecule has 3 heteroatoms. The molecule has 0 saturated carbocycles. The van der Waals surface area contributed by atoms with Crippen LogP contribution < -0.4 is 5.32 Å². The number of nitrogens with one attached hydrogen (secondary N) is 1. The summed E-state index contributed by atoms with van der Waals surface area (Å²) < 4.78 is 0. The highest BCUT2D eigenvalue weighted by Crippen LogP contribution is 2.30. The molecule has 0 radical (unpaired) electrons. The number of hydrogen-bond donors (Lipinski definition) is 2. The molecule has 1 unspecified atom stereocenters. The minimum absolute atomic E-state index is 0.129. The van der Waals surface area contributed by atoms with E-state index < -0.39 is 6.10 Å². The van der Waals surface area contributed by atoms with E-state index in [1.54, 1.807) is 0 Å². The lowest BCUT2D eigenvalue weighted by atomic mass is 10.0. The van der Waals surface area contributed by atoms with Gasteiger partial charge >= 0.3 is 0 Å². The molecule has 0 bridgehead atoms. The Morgan fingerprint density at radius 3 is 2.81 bits per heavy atom. The Labute approximate surface area is 102 Å². The van der Waals surface area contributed by atoms with Crippen LogP contribution in [0.4, 0.5) is 0 Å². The highest BCUT2D eigenvalue weighted by atomic mass is 35.5. The average molecular weight is 240 g/mol. The van der Waals surface area contributed by atoms with Gasteiger partial charge in [-0.2, -0.15) is 0 Å². The minimum atomic E-state index is -0.472. The number of aliphatic hydroxyl groups is 1.